The average Bonchev–Trinajstić information content (AvgIpc) is 2.48. The molecule has 0 aliphatic carbocycles. The molecule has 0 aliphatic rings. The first-order valence-corrected chi connectivity index (χ1v) is 5.93. The van der Waals surface area contributed by atoms with Crippen LogP contribution in [-0.2, 0) is 0 Å². The lowest BCUT2D eigenvalue weighted by Crippen LogP contribution is -1.93. The van der Waals surface area contributed by atoms with E-state index in [-0.39, 0.29) is 11.4 Å². The van der Waals surface area contributed by atoms with Crippen LogP contribution in [0.2, 0.25) is 0 Å². The highest BCUT2D eigenvalue weighted by Gasteiger charge is 1.93. The molecule has 0 saturated carbocycles. The van der Waals surface area contributed by atoms with Crippen LogP contribution in [0.4, 0.5) is 0 Å². The molecule has 4 nitrogen and oxygen atoms in total. The molecule has 0 aliphatic heterocycles. The molecule has 0 atom stereocenters. The summed E-state index contributed by atoms with van der Waals surface area (Å²) < 4.78 is 4.91. The Kier molecular flexibility index (Phi) is 4.29. The van der Waals surface area contributed by atoms with Crippen LogP contribution in [0.15, 0.2) is 69.9 Å². The first-order chi connectivity index (χ1) is 9.70. The molecule has 0 saturated heterocycles. The molecular formula is C16H12O4. The molecule has 0 spiro atoms. The quantitative estimate of drug-likeness (QED) is 0.544. The highest BCUT2D eigenvalue weighted by atomic mass is 16.4. The van der Waals surface area contributed by atoms with Gasteiger partial charge < -0.3 is 9.52 Å². The molecule has 4 heteroatoms. The fourth-order valence-corrected chi connectivity index (χ4v) is 1.60. The second-order valence-electron chi connectivity index (χ2n) is 3.97. The van der Waals surface area contributed by atoms with Crippen molar-refractivity contribution in [2.45, 2.75) is 0 Å². The Morgan fingerprint density at radius 3 is 2.30 bits per heavy atom. The molecule has 3 rings (SSSR count). The number of para-hydroxylation sites is 2. The van der Waals surface area contributed by atoms with Crippen LogP contribution < -0.4 is 5.63 Å². The summed E-state index contributed by atoms with van der Waals surface area (Å²) in [5.41, 5.74) is 0.668. The maximum atomic E-state index is 10.7. The fraction of sp³-hybridized carbons (Fsp3) is 0. The summed E-state index contributed by atoms with van der Waals surface area (Å²) in [7, 11) is 0. The molecule has 3 aromatic rings. The number of aromatic hydroxyl groups is 1. The van der Waals surface area contributed by atoms with E-state index in [2.05, 4.69) is 0 Å². The van der Waals surface area contributed by atoms with Gasteiger partial charge in [-0.15, -0.1) is 0 Å². The van der Waals surface area contributed by atoms with Crippen LogP contribution in [0.1, 0.15) is 10.4 Å². The molecule has 0 unspecified atom stereocenters. The van der Waals surface area contributed by atoms with E-state index in [9.17, 15) is 9.59 Å². The van der Waals surface area contributed by atoms with Gasteiger partial charge in [-0.25, -0.2) is 4.79 Å². The minimum absolute atomic E-state index is 0.0347. The Morgan fingerprint density at radius 1 is 0.900 bits per heavy atom. The van der Waals surface area contributed by atoms with E-state index in [0.717, 1.165) is 5.39 Å². The highest BCUT2D eigenvalue weighted by Crippen LogP contribution is 2.11. The summed E-state index contributed by atoms with van der Waals surface area (Å²) in [6.45, 7) is 0. The predicted molar refractivity (Wildman–Crippen MR) is 76.0 cm³/mol. The number of carbonyl (C=O) groups excluding carboxylic acids is 1. The highest BCUT2D eigenvalue weighted by molar-refractivity contribution is 5.78. The molecule has 0 fully saturated rings. The Labute approximate surface area is 114 Å². The van der Waals surface area contributed by atoms with Crippen LogP contribution in [0, 0.1) is 0 Å². The largest absolute Gasteiger partial charge is 0.507 e. The molecule has 1 N–H and O–H groups in total. The molecule has 1 aromatic heterocycles. The predicted octanol–water partition coefficient (Wildman–Crippen LogP) is 3.00. The summed E-state index contributed by atoms with van der Waals surface area (Å²) in [5.74, 6) is 0.0347. The van der Waals surface area contributed by atoms with Gasteiger partial charge in [0.25, 0.3) is 0 Å². The van der Waals surface area contributed by atoms with Crippen LogP contribution in [0.3, 0.4) is 0 Å². The van der Waals surface area contributed by atoms with Crippen molar-refractivity contribution in [3.05, 3.63) is 76.6 Å². The normalized spacial score (nSPS) is 9.60. The first-order valence-electron chi connectivity index (χ1n) is 5.93. The lowest BCUT2D eigenvalue weighted by Gasteiger charge is -1.91. The maximum absolute atomic E-state index is 10.7. The Morgan fingerprint density at radius 2 is 1.60 bits per heavy atom. The SMILES string of the molecule is O=Cc1ccccc1O.O=c1ccc2ccccc2o1. The van der Waals surface area contributed by atoms with Crippen molar-refractivity contribution in [2.75, 3.05) is 0 Å². The zero-order chi connectivity index (χ0) is 14.4. The number of phenols is 1. The van der Waals surface area contributed by atoms with E-state index in [1.165, 1.54) is 12.1 Å². The van der Waals surface area contributed by atoms with Crippen molar-refractivity contribution in [1.82, 2.24) is 0 Å². The second-order valence-corrected chi connectivity index (χ2v) is 3.97. The lowest BCUT2D eigenvalue weighted by atomic mass is 10.2. The topological polar surface area (TPSA) is 67.5 Å². The molecule has 20 heavy (non-hydrogen) atoms. The molecule has 0 radical (unpaired) electrons. The van der Waals surface area contributed by atoms with Gasteiger partial charge in [0, 0.05) is 11.5 Å². The Bertz CT molecular complexity index is 774. The van der Waals surface area contributed by atoms with E-state index in [1.807, 2.05) is 18.2 Å². The smallest absolute Gasteiger partial charge is 0.336 e. The number of carbonyl (C=O) groups is 1. The fourth-order valence-electron chi connectivity index (χ4n) is 1.60. The number of aldehydes is 1. The maximum Gasteiger partial charge on any atom is 0.336 e. The van der Waals surface area contributed by atoms with E-state index < -0.39 is 0 Å². The lowest BCUT2D eigenvalue weighted by molar-refractivity contribution is 0.112. The van der Waals surface area contributed by atoms with Crippen LogP contribution in [0.25, 0.3) is 11.0 Å². The average molecular weight is 268 g/mol. The van der Waals surface area contributed by atoms with Gasteiger partial charge in [0.05, 0.1) is 5.56 Å². The van der Waals surface area contributed by atoms with Crippen LogP contribution >= 0.6 is 0 Å². The standard InChI is InChI=1S/C9H6O2.C7H6O2/c10-9-6-5-7-3-1-2-4-8(7)11-9;8-5-6-3-1-2-4-7(6)9/h1-6H;1-5,9H. The van der Waals surface area contributed by atoms with Gasteiger partial charge >= 0.3 is 5.63 Å². The van der Waals surface area contributed by atoms with Gasteiger partial charge in [0.1, 0.15) is 11.3 Å². The van der Waals surface area contributed by atoms with E-state index in [0.29, 0.717) is 17.4 Å². The molecule has 100 valence electrons. The molecule has 0 amide bonds. The zero-order valence-electron chi connectivity index (χ0n) is 10.5. The third-order valence-corrected chi connectivity index (χ3v) is 2.59. The summed E-state index contributed by atoms with van der Waals surface area (Å²) in [6, 6.07) is 17.0. The third kappa shape index (κ3) is 3.32. The summed E-state index contributed by atoms with van der Waals surface area (Å²) in [5, 5.41) is 9.83. The van der Waals surface area contributed by atoms with Gasteiger partial charge in [-0.1, -0.05) is 30.3 Å². The third-order valence-electron chi connectivity index (χ3n) is 2.59. The van der Waals surface area contributed by atoms with Crippen molar-refractivity contribution in [3.63, 3.8) is 0 Å². The van der Waals surface area contributed by atoms with Crippen LogP contribution in [-0.4, -0.2) is 11.4 Å². The van der Waals surface area contributed by atoms with Crippen molar-refractivity contribution in [1.29, 1.82) is 0 Å². The number of hydrogen-bond donors (Lipinski definition) is 1. The van der Waals surface area contributed by atoms with Crippen molar-refractivity contribution < 1.29 is 14.3 Å². The number of rotatable bonds is 1. The van der Waals surface area contributed by atoms with Gasteiger partial charge in [-0.3, -0.25) is 4.79 Å². The summed E-state index contributed by atoms with van der Waals surface area (Å²) in [6.07, 6.45) is 0.620. The second kappa shape index (κ2) is 6.33. The monoisotopic (exact) mass is 268 g/mol. The van der Waals surface area contributed by atoms with E-state index in [4.69, 9.17) is 9.52 Å². The zero-order valence-corrected chi connectivity index (χ0v) is 10.5. The first kappa shape index (κ1) is 13.5. The molecule has 1 heterocycles. The molecule has 2 aromatic carbocycles. The summed E-state index contributed by atoms with van der Waals surface area (Å²) in [4.78, 5) is 20.8. The minimum atomic E-state index is -0.302. The number of hydrogen-bond acceptors (Lipinski definition) is 4. The van der Waals surface area contributed by atoms with E-state index in [1.54, 1.807) is 30.3 Å². The van der Waals surface area contributed by atoms with E-state index >= 15 is 0 Å². The Balaban J connectivity index is 0.000000151. The molecule has 0 bridgehead atoms. The Hall–Kier alpha value is -2.88. The number of phenolic OH excluding ortho intramolecular Hbond substituents is 1. The van der Waals surface area contributed by atoms with Gasteiger partial charge in [-0.2, -0.15) is 0 Å². The molecular weight excluding hydrogens is 256 g/mol. The van der Waals surface area contributed by atoms with Crippen molar-refractivity contribution in [3.8, 4) is 5.75 Å². The summed E-state index contributed by atoms with van der Waals surface area (Å²) >= 11 is 0. The van der Waals surface area contributed by atoms with Crippen LogP contribution in [0.5, 0.6) is 5.75 Å². The van der Waals surface area contributed by atoms with Crippen molar-refractivity contribution in [2.24, 2.45) is 0 Å². The van der Waals surface area contributed by atoms with Gasteiger partial charge in [0.15, 0.2) is 6.29 Å². The minimum Gasteiger partial charge on any atom is -0.507 e. The van der Waals surface area contributed by atoms with Gasteiger partial charge in [0.2, 0.25) is 0 Å². The van der Waals surface area contributed by atoms with Gasteiger partial charge in [-0.05, 0) is 24.3 Å². The number of benzene rings is 2. The van der Waals surface area contributed by atoms with Crippen molar-refractivity contribution >= 4 is 17.3 Å². The number of fused-ring (bicyclic) bond motifs is 1.